The molecule has 0 amide bonds. The zero-order chi connectivity index (χ0) is 15.4. The van der Waals surface area contributed by atoms with Crippen LogP contribution in [0.15, 0.2) is 24.3 Å². The minimum Gasteiger partial charge on any atom is -0.466 e. The summed E-state index contributed by atoms with van der Waals surface area (Å²) < 4.78 is 46.4. The zero-order valence-corrected chi connectivity index (χ0v) is 11.5. The molecular formula is C13H12ClF3O3. The van der Waals surface area contributed by atoms with E-state index in [9.17, 15) is 18.0 Å². The van der Waals surface area contributed by atoms with E-state index in [4.69, 9.17) is 11.6 Å². The Balaban J connectivity index is 3.10. The summed E-state index contributed by atoms with van der Waals surface area (Å²) in [6, 6.07) is 2.20. The van der Waals surface area contributed by atoms with Crippen LogP contribution in [-0.2, 0) is 9.53 Å². The first-order valence-corrected chi connectivity index (χ1v) is 5.86. The van der Waals surface area contributed by atoms with Crippen molar-refractivity contribution < 1.29 is 27.4 Å². The lowest BCUT2D eigenvalue weighted by Gasteiger charge is -2.15. The Labute approximate surface area is 118 Å². The number of halogens is 4. The van der Waals surface area contributed by atoms with Crippen molar-refractivity contribution in [3.63, 3.8) is 0 Å². The third kappa shape index (κ3) is 3.66. The Morgan fingerprint density at radius 3 is 2.45 bits per heavy atom. The SMILES string of the molecule is C=C(C(=O)OC)C(C)c1cc(F)c(OC(F)F)c(Cl)c1. The lowest BCUT2D eigenvalue weighted by molar-refractivity contribution is -0.136. The van der Waals surface area contributed by atoms with Crippen LogP contribution in [0.5, 0.6) is 5.75 Å². The summed E-state index contributed by atoms with van der Waals surface area (Å²) in [6.07, 6.45) is 0. The first-order chi connectivity index (χ1) is 9.27. The molecule has 1 rings (SSSR count). The van der Waals surface area contributed by atoms with E-state index < -0.39 is 30.1 Å². The molecule has 0 aliphatic carbocycles. The highest BCUT2D eigenvalue weighted by atomic mass is 35.5. The average molecular weight is 309 g/mol. The van der Waals surface area contributed by atoms with Gasteiger partial charge in [0.2, 0.25) is 0 Å². The highest BCUT2D eigenvalue weighted by Crippen LogP contribution is 2.34. The van der Waals surface area contributed by atoms with E-state index in [1.807, 2.05) is 0 Å². The molecule has 0 fully saturated rings. The van der Waals surface area contributed by atoms with Gasteiger partial charge in [-0.1, -0.05) is 25.1 Å². The van der Waals surface area contributed by atoms with E-state index in [-0.39, 0.29) is 10.6 Å². The minimum atomic E-state index is -3.18. The molecule has 0 bridgehead atoms. The number of methoxy groups -OCH3 is 1. The molecule has 0 saturated carbocycles. The van der Waals surface area contributed by atoms with Crippen LogP contribution in [0.4, 0.5) is 13.2 Å². The van der Waals surface area contributed by atoms with Crippen LogP contribution in [0.25, 0.3) is 0 Å². The fourth-order valence-corrected chi connectivity index (χ4v) is 1.80. The molecule has 7 heteroatoms. The summed E-state index contributed by atoms with van der Waals surface area (Å²) in [4.78, 5) is 11.3. The van der Waals surface area contributed by atoms with Crippen molar-refractivity contribution in [2.45, 2.75) is 19.5 Å². The first-order valence-electron chi connectivity index (χ1n) is 5.48. The highest BCUT2D eigenvalue weighted by molar-refractivity contribution is 6.32. The monoisotopic (exact) mass is 308 g/mol. The molecule has 1 unspecified atom stereocenters. The molecular weight excluding hydrogens is 297 g/mol. The number of alkyl halides is 2. The summed E-state index contributed by atoms with van der Waals surface area (Å²) in [5, 5.41) is -0.315. The van der Waals surface area contributed by atoms with Crippen LogP contribution < -0.4 is 4.74 Å². The Bertz CT molecular complexity index is 509. The second-order valence-corrected chi connectivity index (χ2v) is 4.34. The number of esters is 1. The van der Waals surface area contributed by atoms with Crippen LogP contribution in [0, 0.1) is 5.82 Å². The predicted octanol–water partition coefficient (Wildman–Crippen LogP) is 3.91. The minimum absolute atomic E-state index is 0.0884. The van der Waals surface area contributed by atoms with Crippen molar-refractivity contribution in [3.8, 4) is 5.75 Å². The van der Waals surface area contributed by atoms with Crippen LogP contribution >= 0.6 is 11.6 Å². The van der Waals surface area contributed by atoms with Crippen molar-refractivity contribution in [3.05, 3.63) is 40.7 Å². The van der Waals surface area contributed by atoms with Gasteiger partial charge in [0.1, 0.15) is 0 Å². The Hall–Kier alpha value is -1.69. The van der Waals surface area contributed by atoms with Gasteiger partial charge in [-0.2, -0.15) is 8.78 Å². The maximum Gasteiger partial charge on any atom is 0.387 e. The molecule has 20 heavy (non-hydrogen) atoms. The zero-order valence-electron chi connectivity index (χ0n) is 10.8. The topological polar surface area (TPSA) is 35.5 Å². The maximum absolute atomic E-state index is 13.7. The van der Waals surface area contributed by atoms with Crippen molar-refractivity contribution in [2.75, 3.05) is 7.11 Å². The van der Waals surface area contributed by atoms with Crippen LogP contribution in [0.1, 0.15) is 18.4 Å². The smallest absolute Gasteiger partial charge is 0.387 e. The van der Waals surface area contributed by atoms with Gasteiger partial charge in [0.05, 0.1) is 12.1 Å². The van der Waals surface area contributed by atoms with E-state index in [1.165, 1.54) is 13.2 Å². The Morgan fingerprint density at radius 1 is 1.40 bits per heavy atom. The first kappa shape index (κ1) is 16.4. The Morgan fingerprint density at radius 2 is 2.00 bits per heavy atom. The van der Waals surface area contributed by atoms with Crippen LogP contribution in [0.3, 0.4) is 0 Å². The van der Waals surface area contributed by atoms with Crippen molar-refractivity contribution in [2.24, 2.45) is 0 Å². The van der Waals surface area contributed by atoms with Gasteiger partial charge in [-0.3, -0.25) is 0 Å². The molecule has 3 nitrogen and oxygen atoms in total. The number of hydrogen-bond acceptors (Lipinski definition) is 3. The molecule has 110 valence electrons. The summed E-state index contributed by atoms with van der Waals surface area (Å²) >= 11 is 5.70. The van der Waals surface area contributed by atoms with E-state index in [2.05, 4.69) is 16.1 Å². The molecule has 0 heterocycles. The van der Waals surface area contributed by atoms with E-state index >= 15 is 0 Å². The normalized spacial score (nSPS) is 12.2. The summed E-state index contributed by atoms with van der Waals surface area (Å²) in [7, 11) is 1.19. The number of rotatable bonds is 5. The van der Waals surface area contributed by atoms with Gasteiger partial charge in [-0.25, -0.2) is 9.18 Å². The lowest BCUT2D eigenvalue weighted by Crippen LogP contribution is -2.11. The summed E-state index contributed by atoms with van der Waals surface area (Å²) in [5.41, 5.74) is 0.384. The van der Waals surface area contributed by atoms with Gasteiger partial charge in [0.15, 0.2) is 11.6 Å². The molecule has 0 radical (unpaired) electrons. The maximum atomic E-state index is 13.7. The second kappa shape index (κ2) is 6.65. The number of benzene rings is 1. The largest absolute Gasteiger partial charge is 0.466 e. The molecule has 0 aliphatic rings. The fraction of sp³-hybridized carbons (Fsp3) is 0.308. The Kier molecular flexibility index (Phi) is 5.44. The number of ether oxygens (including phenoxy) is 2. The quantitative estimate of drug-likeness (QED) is 0.611. The lowest BCUT2D eigenvalue weighted by atomic mass is 9.94. The standard InChI is InChI=1S/C13H12ClF3O3/c1-6(7(2)12(18)19-3)8-4-9(14)11(10(15)5-8)20-13(16)17/h4-6,13H,2H2,1,3H3. The average Bonchev–Trinajstić information content (AvgIpc) is 2.39. The van der Waals surface area contributed by atoms with Gasteiger partial charge in [-0.05, 0) is 17.7 Å². The fourth-order valence-electron chi connectivity index (χ4n) is 1.54. The number of carbonyl (C=O) groups excluding carboxylic acids is 1. The number of hydrogen-bond donors (Lipinski definition) is 0. The van der Waals surface area contributed by atoms with Crippen LogP contribution in [-0.4, -0.2) is 19.7 Å². The van der Waals surface area contributed by atoms with Gasteiger partial charge in [0, 0.05) is 11.5 Å². The van der Waals surface area contributed by atoms with E-state index in [0.29, 0.717) is 5.56 Å². The van der Waals surface area contributed by atoms with Crippen LogP contribution in [0.2, 0.25) is 5.02 Å². The molecule has 1 aromatic rings. The second-order valence-electron chi connectivity index (χ2n) is 3.93. The van der Waals surface area contributed by atoms with Gasteiger partial charge < -0.3 is 9.47 Å². The summed E-state index contributed by atoms with van der Waals surface area (Å²) in [5.74, 6) is -3.02. The van der Waals surface area contributed by atoms with Crippen molar-refractivity contribution >= 4 is 17.6 Å². The molecule has 0 N–H and O–H groups in total. The third-order valence-electron chi connectivity index (χ3n) is 2.70. The highest BCUT2D eigenvalue weighted by Gasteiger charge is 2.21. The van der Waals surface area contributed by atoms with Gasteiger partial charge in [0.25, 0.3) is 0 Å². The molecule has 0 saturated heterocycles. The van der Waals surface area contributed by atoms with Gasteiger partial charge in [-0.15, -0.1) is 0 Å². The van der Waals surface area contributed by atoms with Crippen molar-refractivity contribution in [1.29, 1.82) is 0 Å². The summed E-state index contributed by atoms with van der Waals surface area (Å²) in [6.45, 7) is 1.94. The predicted molar refractivity (Wildman–Crippen MR) is 67.6 cm³/mol. The van der Waals surface area contributed by atoms with E-state index in [1.54, 1.807) is 6.92 Å². The molecule has 0 spiro atoms. The molecule has 0 aliphatic heterocycles. The molecule has 1 aromatic carbocycles. The molecule has 1 atom stereocenters. The van der Waals surface area contributed by atoms with E-state index in [0.717, 1.165) is 6.07 Å². The van der Waals surface area contributed by atoms with Gasteiger partial charge >= 0.3 is 12.6 Å². The number of carbonyl (C=O) groups is 1. The third-order valence-corrected chi connectivity index (χ3v) is 2.98. The molecule has 0 aromatic heterocycles. The van der Waals surface area contributed by atoms with Crippen molar-refractivity contribution in [1.82, 2.24) is 0 Å².